The van der Waals surface area contributed by atoms with E-state index in [2.05, 4.69) is 5.43 Å². The zero-order valence-corrected chi connectivity index (χ0v) is 17.5. The van der Waals surface area contributed by atoms with Crippen LogP contribution in [0.5, 0.6) is 5.75 Å². The first-order valence-electron chi connectivity index (χ1n) is 8.93. The Morgan fingerprint density at radius 1 is 1.10 bits per heavy atom. The average molecular weight is 437 g/mol. The van der Waals surface area contributed by atoms with Crippen LogP contribution in [0.2, 0.25) is 0 Å². The number of carbonyl (C=O) groups excluding carboxylic acids is 2. The van der Waals surface area contributed by atoms with E-state index in [0.717, 1.165) is 22.3 Å². The number of hydrazine groups is 1. The van der Waals surface area contributed by atoms with Crippen LogP contribution >= 0.6 is 24.0 Å². The maximum Gasteiger partial charge on any atom is 0.285 e. The van der Waals surface area contributed by atoms with Crippen LogP contribution < -0.4 is 10.2 Å². The molecule has 2 heterocycles. The summed E-state index contributed by atoms with van der Waals surface area (Å²) in [4.78, 5) is 25.6. The van der Waals surface area contributed by atoms with E-state index in [4.69, 9.17) is 21.4 Å². The standard InChI is InChI=1S/C22H16N2O4S2/c1-27-16-9-7-15(8-10-16)20(25)23-24-21(26)19(30-22(24)29)13-17-11-12-18(28-17)14-5-3-2-4-6-14/h2-13H,1H3,(H,23,25)/b19-13-. The van der Waals surface area contributed by atoms with Gasteiger partial charge in [-0.3, -0.25) is 15.0 Å². The largest absolute Gasteiger partial charge is 0.497 e. The van der Waals surface area contributed by atoms with E-state index in [-0.39, 0.29) is 4.32 Å². The number of rotatable bonds is 5. The Morgan fingerprint density at radius 3 is 2.53 bits per heavy atom. The van der Waals surface area contributed by atoms with Gasteiger partial charge in [0.2, 0.25) is 0 Å². The van der Waals surface area contributed by atoms with Gasteiger partial charge in [-0.25, -0.2) is 0 Å². The molecule has 4 rings (SSSR count). The minimum Gasteiger partial charge on any atom is -0.497 e. The van der Waals surface area contributed by atoms with Gasteiger partial charge in [-0.05, 0) is 48.6 Å². The Balaban J connectivity index is 1.48. The fraction of sp³-hybridized carbons (Fsp3) is 0.0455. The minimum absolute atomic E-state index is 0.239. The SMILES string of the molecule is COc1ccc(C(=O)NN2C(=O)/C(=C/c3ccc(-c4ccccc4)o3)SC2=S)cc1. The molecule has 2 amide bonds. The number of nitrogens with one attached hydrogen (secondary N) is 1. The molecule has 0 spiro atoms. The molecule has 6 nitrogen and oxygen atoms in total. The smallest absolute Gasteiger partial charge is 0.285 e. The van der Waals surface area contributed by atoms with Crippen LogP contribution in [0.3, 0.4) is 0 Å². The molecule has 8 heteroatoms. The fourth-order valence-corrected chi connectivity index (χ4v) is 3.95. The molecule has 0 atom stereocenters. The number of carbonyl (C=O) groups is 2. The highest BCUT2D eigenvalue weighted by molar-refractivity contribution is 8.26. The van der Waals surface area contributed by atoms with Gasteiger partial charge >= 0.3 is 0 Å². The Hall–Kier alpha value is -3.36. The van der Waals surface area contributed by atoms with Gasteiger partial charge in [-0.1, -0.05) is 42.1 Å². The van der Waals surface area contributed by atoms with Crippen molar-refractivity contribution < 1.29 is 18.7 Å². The van der Waals surface area contributed by atoms with E-state index in [9.17, 15) is 9.59 Å². The van der Waals surface area contributed by atoms with Crippen LogP contribution in [0.15, 0.2) is 76.1 Å². The van der Waals surface area contributed by atoms with E-state index in [1.165, 1.54) is 0 Å². The Bertz CT molecular complexity index is 1140. The highest BCUT2D eigenvalue weighted by atomic mass is 32.2. The monoisotopic (exact) mass is 436 g/mol. The summed E-state index contributed by atoms with van der Waals surface area (Å²) in [6.45, 7) is 0. The van der Waals surface area contributed by atoms with Crippen LogP contribution in [0, 0.1) is 0 Å². The maximum absolute atomic E-state index is 12.7. The van der Waals surface area contributed by atoms with Gasteiger partial charge in [-0.15, -0.1) is 0 Å². The molecule has 2 aromatic carbocycles. The lowest BCUT2D eigenvalue weighted by Crippen LogP contribution is -2.44. The van der Waals surface area contributed by atoms with Crippen LogP contribution in [0.25, 0.3) is 17.4 Å². The molecule has 0 saturated carbocycles. The second-order valence-corrected chi connectivity index (χ2v) is 7.93. The summed E-state index contributed by atoms with van der Waals surface area (Å²) >= 11 is 6.36. The van der Waals surface area contributed by atoms with Crippen molar-refractivity contribution in [2.45, 2.75) is 0 Å². The zero-order valence-electron chi connectivity index (χ0n) is 15.8. The molecule has 1 aliphatic heterocycles. The summed E-state index contributed by atoms with van der Waals surface area (Å²) in [5, 5.41) is 1.07. The fourth-order valence-electron chi connectivity index (χ4n) is 2.79. The molecule has 0 aliphatic carbocycles. The van der Waals surface area contributed by atoms with Crippen LogP contribution in [0.4, 0.5) is 0 Å². The van der Waals surface area contributed by atoms with Crippen LogP contribution in [-0.2, 0) is 4.79 Å². The number of amides is 2. The molecule has 1 aromatic heterocycles. The van der Waals surface area contributed by atoms with Crippen molar-refractivity contribution in [2.75, 3.05) is 7.11 Å². The predicted octanol–water partition coefficient (Wildman–Crippen LogP) is 4.50. The highest BCUT2D eigenvalue weighted by Crippen LogP contribution is 2.32. The molecule has 150 valence electrons. The molecule has 0 unspecified atom stereocenters. The topological polar surface area (TPSA) is 71.8 Å². The molecule has 1 saturated heterocycles. The van der Waals surface area contributed by atoms with E-state index in [1.54, 1.807) is 43.5 Å². The molecular weight excluding hydrogens is 420 g/mol. The van der Waals surface area contributed by atoms with Crippen molar-refractivity contribution in [1.82, 2.24) is 10.4 Å². The van der Waals surface area contributed by atoms with Crippen molar-refractivity contribution >= 4 is 46.2 Å². The lowest BCUT2D eigenvalue weighted by Gasteiger charge is -2.15. The Labute approximate surface area is 182 Å². The molecule has 30 heavy (non-hydrogen) atoms. The lowest BCUT2D eigenvalue weighted by molar-refractivity contribution is -0.123. The van der Waals surface area contributed by atoms with Crippen molar-refractivity contribution in [3.8, 4) is 17.1 Å². The number of ether oxygens (including phenoxy) is 1. The van der Waals surface area contributed by atoms with Crippen molar-refractivity contribution in [3.63, 3.8) is 0 Å². The first-order chi connectivity index (χ1) is 14.5. The van der Waals surface area contributed by atoms with Crippen LogP contribution in [-0.4, -0.2) is 28.3 Å². The third-order valence-corrected chi connectivity index (χ3v) is 5.62. The summed E-state index contributed by atoms with van der Waals surface area (Å²) in [5.41, 5.74) is 3.87. The van der Waals surface area contributed by atoms with Crippen LogP contribution in [0.1, 0.15) is 16.1 Å². The average Bonchev–Trinajstić information content (AvgIpc) is 3.35. The second kappa shape index (κ2) is 8.56. The number of benzene rings is 2. The first kappa shape index (κ1) is 19.9. The number of thioether (sulfide) groups is 1. The Morgan fingerprint density at radius 2 is 1.83 bits per heavy atom. The summed E-state index contributed by atoms with van der Waals surface area (Å²) in [7, 11) is 1.54. The lowest BCUT2D eigenvalue weighted by atomic mass is 10.2. The summed E-state index contributed by atoms with van der Waals surface area (Å²) in [6.07, 6.45) is 1.62. The van der Waals surface area contributed by atoms with Crippen molar-refractivity contribution in [1.29, 1.82) is 0 Å². The zero-order chi connectivity index (χ0) is 21.1. The van der Waals surface area contributed by atoms with E-state index >= 15 is 0 Å². The number of thiocarbonyl (C=S) groups is 1. The minimum atomic E-state index is -0.445. The number of hydrogen-bond donors (Lipinski definition) is 1. The molecule has 0 bridgehead atoms. The molecule has 0 radical (unpaired) electrons. The molecule has 1 N–H and O–H groups in total. The predicted molar refractivity (Wildman–Crippen MR) is 120 cm³/mol. The van der Waals surface area contributed by atoms with Gasteiger partial charge in [-0.2, -0.15) is 5.01 Å². The quantitative estimate of drug-likeness (QED) is 0.469. The summed E-state index contributed by atoms with van der Waals surface area (Å²) < 4.78 is 11.1. The normalized spacial score (nSPS) is 15.0. The summed E-state index contributed by atoms with van der Waals surface area (Å²) in [5.74, 6) is 0.999. The van der Waals surface area contributed by atoms with Gasteiger partial charge in [0.05, 0.1) is 12.0 Å². The third-order valence-electron chi connectivity index (χ3n) is 4.32. The molecule has 1 fully saturated rings. The van der Waals surface area contributed by atoms with Gasteiger partial charge < -0.3 is 9.15 Å². The number of nitrogens with zero attached hydrogens (tertiary/aromatic N) is 1. The van der Waals surface area contributed by atoms with E-state index < -0.39 is 11.8 Å². The third kappa shape index (κ3) is 4.14. The van der Waals surface area contributed by atoms with E-state index in [1.807, 2.05) is 36.4 Å². The highest BCUT2D eigenvalue weighted by Gasteiger charge is 2.34. The Kier molecular flexibility index (Phi) is 5.69. The van der Waals surface area contributed by atoms with Gasteiger partial charge in [0.25, 0.3) is 11.8 Å². The molecule has 1 aliphatic rings. The summed E-state index contributed by atoms with van der Waals surface area (Å²) in [6, 6.07) is 19.8. The van der Waals surface area contributed by atoms with E-state index in [0.29, 0.717) is 27.7 Å². The number of methoxy groups -OCH3 is 1. The van der Waals surface area contributed by atoms with Crippen molar-refractivity contribution in [3.05, 3.63) is 83.0 Å². The van der Waals surface area contributed by atoms with Gasteiger partial charge in [0, 0.05) is 17.2 Å². The second-order valence-electron chi connectivity index (χ2n) is 6.25. The maximum atomic E-state index is 12.7. The van der Waals surface area contributed by atoms with Gasteiger partial charge in [0.1, 0.15) is 17.3 Å². The first-order valence-corrected chi connectivity index (χ1v) is 10.2. The number of furan rings is 1. The molecular formula is C22H16N2O4S2. The van der Waals surface area contributed by atoms with Crippen molar-refractivity contribution in [2.24, 2.45) is 0 Å². The molecule has 3 aromatic rings. The number of hydrogen-bond acceptors (Lipinski definition) is 6. The van der Waals surface area contributed by atoms with Gasteiger partial charge in [0.15, 0.2) is 4.32 Å².